The van der Waals surface area contributed by atoms with Gasteiger partial charge in [-0.2, -0.15) is 0 Å². The predicted octanol–water partition coefficient (Wildman–Crippen LogP) is 3.60. The first-order valence-electron chi connectivity index (χ1n) is 10.1. The summed E-state index contributed by atoms with van der Waals surface area (Å²) in [7, 11) is 1.64. The number of likely N-dealkylation sites (tertiary alicyclic amines) is 1. The first-order chi connectivity index (χ1) is 14.5. The number of likely N-dealkylation sites (N-methyl/N-ethyl adjacent to an activating group) is 1. The number of amides is 1. The van der Waals surface area contributed by atoms with Gasteiger partial charge in [0, 0.05) is 44.4 Å². The third-order valence-corrected chi connectivity index (χ3v) is 5.75. The summed E-state index contributed by atoms with van der Waals surface area (Å²) in [6, 6.07) is 17.9. The van der Waals surface area contributed by atoms with E-state index in [0.717, 1.165) is 11.6 Å². The Hall–Kier alpha value is -2.83. The molecule has 0 aliphatic carbocycles. The number of hydrogen-bond donors (Lipinski definition) is 2. The number of nitrogens with one attached hydrogen (secondary N) is 2. The van der Waals surface area contributed by atoms with Gasteiger partial charge in [0.15, 0.2) is 0 Å². The fourth-order valence-corrected chi connectivity index (χ4v) is 4.16. The van der Waals surface area contributed by atoms with Gasteiger partial charge in [0.25, 0.3) is 0 Å². The fraction of sp³-hybridized carbons (Fsp3) is 0.292. The van der Waals surface area contributed by atoms with E-state index >= 15 is 0 Å². The largest absolute Gasteiger partial charge is 0.358 e. The summed E-state index contributed by atoms with van der Waals surface area (Å²) in [6.07, 6.45) is 0.635. The number of carbonyl (C=O) groups excluding carboxylic acids is 1. The van der Waals surface area contributed by atoms with Crippen molar-refractivity contribution in [3.8, 4) is 0 Å². The summed E-state index contributed by atoms with van der Waals surface area (Å²) >= 11 is 0. The van der Waals surface area contributed by atoms with Gasteiger partial charge in [-0.3, -0.25) is 9.69 Å². The van der Waals surface area contributed by atoms with Crippen molar-refractivity contribution in [1.82, 2.24) is 15.5 Å². The van der Waals surface area contributed by atoms with Crippen LogP contribution in [0.25, 0.3) is 10.8 Å². The van der Waals surface area contributed by atoms with Gasteiger partial charge in [0.05, 0.1) is 6.04 Å². The zero-order valence-corrected chi connectivity index (χ0v) is 16.9. The lowest BCUT2D eigenvalue weighted by Gasteiger charge is -2.23. The van der Waals surface area contributed by atoms with E-state index < -0.39 is 11.6 Å². The Labute approximate surface area is 174 Å². The molecule has 6 heteroatoms. The van der Waals surface area contributed by atoms with Crippen LogP contribution in [0.4, 0.5) is 8.78 Å². The Kier molecular flexibility index (Phi) is 6.06. The molecule has 1 amide bonds. The van der Waals surface area contributed by atoms with Crippen molar-refractivity contribution in [3.05, 3.63) is 83.4 Å². The molecule has 1 heterocycles. The number of carbonyl (C=O) groups is 1. The molecule has 0 unspecified atom stereocenters. The maximum atomic E-state index is 13.9. The van der Waals surface area contributed by atoms with Crippen LogP contribution in [-0.2, 0) is 17.9 Å². The number of rotatable bonds is 6. The molecular formula is C24H25F2N3O. The third-order valence-electron chi connectivity index (χ3n) is 5.75. The van der Waals surface area contributed by atoms with Gasteiger partial charge in [-0.05, 0) is 34.9 Å². The molecule has 2 N–H and O–H groups in total. The van der Waals surface area contributed by atoms with Crippen LogP contribution in [-0.4, -0.2) is 36.5 Å². The smallest absolute Gasteiger partial charge is 0.237 e. The quantitative estimate of drug-likeness (QED) is 0.654. The number of nitrogens with zero attached hydrogens (tertiary/aromatic N) is 1. The molecule has 0 aromatic heterocycles. The van der Waals surface area contributed by atoms with Gasteiger partial charge < -0.3 is 10.6 Å². The lowest BCUT2D eigenvalue weighted by molar-refractivity contribution is -0.125. The second kappa shape index (κ2) is 8.90. The standard InChI is InChI=1S/C24H25F2N3O/c1-27-24(30)23-12-21(28-13-19-8-9-20(25)11-22(19)26)15-29(23)14-16-6-7-17-4-2-3-5-18(17)10-16/h2-11,21,23,28H,12-15H2,1H3,(H,27,30)/t21-,23+/m1/s1. The van der Waals surface area contributed by atoms with E-state index in [9.17, 15) is 13.6 Å². The maximum absolute atomic E-state index is 13.9. The molecule has 1 aliphatic heterocycles. The molecule has 0 saturated carbocycles. The van der Waals surface area contributed by atoms with Crippen molar-refractivity contribution in [1.29, 1.82) is 0 Å². The molecule has 4 rings (SSSR count). The Morgan fingerprint density at radius 2 is 1.87 bits per heavy atom. The van der Waals surface area contributed by atoms with Crippen molar-refractivity contribution in [2.45, 2.75) is 31.6 Å². The summed E-state index contributed by atoms with van der Waals surface area (Å²) in [5.74, 6) is -1.16. The molecule has 3 aromatic carbocycles. The van der Waals surface area contributed by atoms with Gasteiger partial charge in [-0.25, -0.2) is 8.78 Å². The molecule has 3 aromatic rings. The Morgan fingerprint density at radius 3 is 2.63 bits per heavy atom. The Bertz CT molecular complexity index is 1060. The van der Waals surface area contributed by atoms with Crippen LogP contribution in [0.2, 0.25) is 0 Å². The molecule has 1 saturated heterocycles. The zero-order valence-electron chi connectivity index (χ0n) is 16.9. The molecule has 1 fully saturated rings. The molecule has 0 spiro atoms. The molecule has 2 atom stereocenters. The molecule has 156 valence electrons. The van der Waals surface area contributed by atoms with Crippen molar-refractivity contribution >= 4 is 16.7 Å². The van der Waals surface area contributed by atoms with Gasteiger partial charge in [0.2, 0.25) is 5.91 Å². The minimum atomic E-state index is -0.585. The first-order valence-corrected chi connectivity index (χ1v) is 10.1. The predicted molar refractivity (Wildman–Crippen MR) is 114 cm³/mol. The molecule has 30 heavy (non-hydrogen) atoms. The topological polar surface area (TPSA) is 44.4 Å². The second-order valence-electron chi connectivity index (χ2n) is 7.79. The number of halogens is 2. The van der Waals surface area contributed by atoms with Crippen LogP contribution in [0.3, 0.4) is 0 Å². The van der Waals surface area contributed by atoms with E-state index in [1.165, 1.54) is 22.9 Å². The van der Waals surface area contributed by atoms with Gasteiger partial charge >= 0.3 is 0 Å². The van der Waals surface area contributed by atoms with E-state index in [-0.39, 0.29) is 18.0 Å². The van der Waals surface area contributed by atoms with E-state index in [1.807, 2.05) is 12.1 Å². The van der Waals surface area contributed by atoms with Crippen LogP contribution >= 0.6 is 0 Å². The Morgan fingerprint density at radius 1 is 1.07 bits per heavy atom. The zero-order chi connectivity index (χ0) is 21.1. The third kappa shape index (κ3) is 4.50. The molecule has 1 aliphatic rings. The van der Waals surface area contributed by atoms with Crippen LogP contribution in [0.15, 0.2) is 60.7 Å². The highest BCUT2D eigenvalue weighted by Crippen LogP contribution is 2.24. The van der Waals surface area contributed by atoms with Gasteiger partial charge in [-0.1, -0.05) is 42.5 Å². The van der Waals surface area contributed by atoms with E-state index in [1.54, 1.807) is 7.05 Å². The lowest BCUT2D eigenvalue weighted by atomic mass is 10.1. The van der Waals surface area contributed by atoms with Gasteiger partial charge in [0.1, 0.15) is 11.6 Å². The van der Waals surface area contributed by atoms with Crippen molar-refractivity contribution in [3.63, 3.8) is 0 Å². The summed E-state index contributed by atoms with van der Waals surface area (Å²) < 4.78 is 27.0. The van der Waals surface area contributed by atoms with E-state index in [2.05, 4.69) is 45.9 Å². The minimum absolute atomic E-state index is 0.0203. The number of benzene rings is 3. The SMILES string of the molecule is CNC(=O)[C@@H]1C[C@@H](NCc2ccc(F)cc2F)CN1Cc1ccc2ccccc2c1. The average molecular weight is 409 g/mol. The van der Waals surface area contributed by atoms with Crippen LogP contribution in [0.1, 0.15) is 17.5 Å². The number of fused-ring (bicyclic) bond motifs is 1. The lowest BCUT2D eigenvalue weighted by Crippen LogP contribution is -2.41. The molecule has 0 radical (unpaired) electrons. The summed E-state index contributed by atoms with van der Waals surface area (Å²) in [5.41, 5.74) is 1.56. The molecular weight excluding hydrogens is 384 g/mol. The van der Waals surface area contributed by atoms with Crippen molar-refractivity contribution in [2.75, 3.05) is 13.6 Å². The van der Waals surface area contributed by atoms with E-state index in [0.29, 0.717) is 31.6 Å². The highest BCUT2D eigenvalue weighted by atomic mass is 19.1. The summed E-state index contributed by atoms with van der Waals surface area (Å²) in [4.78, 5) is 14.6. The maximum Gasteiger partial charge on any atom is 0.237 e. The van der Waals surface area contributed by atoms with Crippen LogP contribution < -0.4 is 10.6 Å². The van der Waals surface area contributed by atoms with Crippen LogP contribution in [0.5, 0.6) is 0 Å². The Balaban J connectivity index is 1.46. The highest BCUT2D eigenvalue weighted by molar-refractivity contribution is 5.83. The van der Waals surface area contributed by atoms with Crippen molar-refractivity contribution in [2.24, 2.45) is 0 Å². The summed E-state index contributed by atoms with van der Waals surface area (Å²) in [6.45, 7) is 1.63. The normalized spacial score (nSPS) is 19.3. The van der Waals surface area contributed by atoms with Crippen LogP contribution in [0, 0.1) is 11.6 Å². The van der Waals surface area contributed by atoms with Gasteiger partial charge in [-0.15, -0.1) is 0 Å². The average Bonchev–Trinajstić information content (AvgIpc) is 3.15. The molecule has 4 nitrogen and oxygen atoms in total. The monoisotopic (exact) mass is 409 g/mol. The fourth-order valence-electron chi connectivity index (χ4n) is 4.16. The second-order valence-corrected chi connectivity index (χ2v) is 7.79. The highest BCUT2D eigenvalue weighted by Gasteiger charge is 2.36. The first kappa shape index (κ1) is 20.4. The minimum Gasteiger partial charge on any atom is -0.358 e. The number of hydrogen-bond acceptors (Lipinski definition) is 3. The summed E-state index contributed by atoms with van der Waals surface area (Å²) in [5, 5.41) is 8.44. The van der Waals surface area contributed by atoms with E-state index in [4.69, 9.17) is 0 Å². The van der Waals surface area contributed by atoms with Crippen molar-refractivity contribution < 1.29 is 13.6 Å². The molecule has 0 bridgehead atoms.